The smallest absolute Gasteiger partial charge is 0.270 e. The minimum Gasteiger partial charge on any atom is -0.347 e. The summed E-state index contributed by atoms with van der Waals surface area (Å²) in [5.74, 6) is 2.12. The molecule has 4 aromatic rings. The van der Waals surface area contributed by atoms with E-state index in [9.17, 15) is 4.79 Å². The first-order valence-electron chi connectivity index (χ1n) is 11.0. The number of thiazole rings is 1. The highest BCUT2D eigenvalue weighted by atomic mass is 32.1. The van der Waals surface area contributed by atoms with Gasteiger partial charge in [0.25, 0.3) is 5.91 Å². The van der Waals surface area contributed by atoms with Crippen molar-refractivity contribution in [2.45, 2.75) is 51.1 Å². The SMILES string of the molecule is Cc1nc(-c2cn[nH]c2C(=O)NC2CCn3nc(-c4ccccc4)nc3C2)sc1C1CC1. The number of aromatic nitrogens is 6. The van der Waals surface area contributed by atoms with Crippen LogP contribution in [0.5, 0.6) is 0 Å². The molecule has 3 aromatic heterocycles. The first-order valence-corrected chi connectivity index (χ1v) is 11.8. The third-order valence-corrected chi connectivity index (χ3v) is 7.46. The van der Waals surface area contributed by atoms with Gasteiger partial charge in [-0.15, -0.1) is 11.3 Å². The fraction of sp³-hybridized carbons (Fsp3) is 0.348. The second-order valence-electron chi connectivity index (χ2n) is 8.51. The van der Waals surface area contributed by atoms with E-state index < -0.39 is 0 Å². The van der Waals surface area contributed by atoms with Gasteiger partial charge in [-0.1, -0.05) is 30.3 Å². The zero-order chi connectivity index (χ0) is 21.7. The Balaban J connectivity index is 1.18. The van der Waals surface area contributed by atoms with Gasteiger partial charge in [0.2, 0.25) is 0 Å². The topological polar surface area (TPSA) is 101 Å². The molecule has 2 aliphatic rings. The van der Waals surface area contributed by atoms with Gasteiger partial charge in [-0.3, -0.25) is 9.89 Å². The average Bonchev–Trinajstić information content (AvgIpc) is 3.21. The Labute approximate surface area is 189 Å². The van der Waals surface area contributed by atoms with Gasteiger partial charge in [-0.2, -0.15) is 10.2 Å². The predicted octanol–water partition coefficient (Wildman–Crippen LogP) is 3.72. The number of benzene rings is 1. The molecule has 1 atom stereocenters. The van der Waals surface area contributed by atoms with E-state index in [1.165, 1.54) is 17.7 Å². The Bertz CT molecular complexity index is 1280. The highest BCUT2D eigenvalue weighted by Gasteiger charge is 2.30. The van der Waals surface area contributed by atoms with Gasteiger partial charge in [0.05, 0.1) is 17.5 Å². The molecule has 1 fully saturated rings. The molecule has 0 bridgehead atoms. The molecule has 2 N–H and O–H groups in total. The first-order chi connectivity index (χ1) is 15.7. The normalized spacial score (nSPS) is 17.8. The van der Waals surface area contributed by atoms with Crippen LogP contribution in [0, 0.1) is 6.92 Å². The lowest BCUT2D eigenvalue weighted by atomic mass is 10.1. The predicted molar refractivity (Wildman–Crippen MR) is 121 cm³/mol. The van der Waals surface area contributed by atoms with Crippen molar-refractivity contribution in [1.82, 2.24) is 35.3 Å². The lowest BCUT2D eigenvalue weighted by molar-refractivity contribution is 0.0925. The number of aromatic amines is 1. The van der Waals surface area contributed by atoms with Crippen LogP contribution < -0.4 is 5.32 Å². The van der Waals surface area contributed by atoms with Crippen LogP contribution in [0.15, 0.2) is 36.5 Å². The van der Waals surface area contributed by atoms with Gasteiger partial charge >= 0.3 is 0 Å². The number of amides is 1. The van der Waals surface area contributed by atoms with Gasteiger partial charge in [-0.25, -0.2) is 14.6 Å². The van der Waals surface area contributed by atoms with Crippen molar-refractivity contribution in [1.29, 1.82) is 0 Å². The number of nitrogens with zero attached hydrogens (tertiary/aromatic N) is 5. The van der Waals surface area contributed by atoms with E-state index in [2.05, 4.69) is 27.5 Å². The Morgan fingerprint density at radius 3 is 2.84 bits per heavy atom. The molecule has 0 radical (unpaired) electrons. The van der Waals surface area contributed by atoms with Crippen LogP contribution in [-0.2, 0) is 13.0 Å². The van der Waals surface area contributed by atoms with Crippen LogP contribution in [0.1, 0.15) is 52.1 Å². The molecule has 162 valence electrons. The minimum absolute atomic E-state index is 0.000899. The van der Waals surface area contributed by atoms with Crippen LogP contribution in [0.25, 0.3) is 22.0 Å². The van der Waals surface area contributed by atoms with Crippen molar-refractivity contribution in [2.75, 3.05) is 0 Å². The number of fused-ring (bicyclic) bond motifs is 1. The van der Waals surface area contributed by atoms with Gasteiger partial charge in [-0.05, 0) is 32.1 Å². The number of hydrogen-bond donors (Lipinski definition) is 2. The van der Waals surface area contributed by atoms with Crippen LogP contribution in [0.4, 0.5) is 0 Å². The van der Waals surface area contributed by atoms with Crippen molar-refractivity contribution in [3.8, 4) is 22.0 Å². The summed E-state index contributed by atoms with van der Waals surface area (Å²) in [6.07, 6.45) is 5.63. The Morgan fingerprint density at radius 2 is 2.03 bits per heavy atom. The summed E-state index contributed by atoms with van der Waals surface area (Å²) < 4.78 is 1.95. The molecule has 1 aliphatic heterocycles. The lowest BCUT2D eigenvalue weighted by Crippen LogP contribution is -2.40. The maximum Gasteiger partial charge on any atom is 0.270 e. The summed E-state index contributed by atoms with van der Waals surface area (Å²) in [6, 6.07) is 9.97. The third kappa shape index (κ3) is 3.52. The van der Waals surface area contributed by atoms with Crippen LogP contribution in [0.3, 0.4) is 0 Å². The Hall–Kier alpha value is -3.33. The van der Waals surface area contributed by atoms with Crippen molar-refractivity contribution in [2.24, 2.45) is 0 Å². The van der Waals surface area contributed by atoms with E-state index in [1.807, 2.05) is 35.0 Å². The Morgan fingerprint density at radius 1 is 1.19 bits per heavy atom. The maximum absolute atomic E-state index is 13.1. The van der Waals surface area contributed by atoms with Gasteiger partial charge < -0.3 is 5.32 Å². The molecule has 1 saturated carbocycles. The van der Waals surface area contributed by atoms with E-state index in [4.69, 9.17) is 9.97 Å². The molecule has 4 heterocycles. The summed E-state index contributed by atoms with van der Waals surface area (Å²) in [4.78, 5) is 23.9. The molecule has 1 amide bonds. The summed E-state index contributed by atoms with van der Waals surface area (Å²) in [5.41, 5.74) is 3.31. The van der Waals surface area contributed by atoms with Crippen molar-refractivity contribution in [3.63, 3.8) is 0 Å². The summed E-state index contributed by atoms with van der Waals surface area (Å²) >= 11 is 1.68. The highest BCUT2D eigenvalue weighted by molar-refractivity contribution is 7.15. The maximum atomic E-state index is 13.1. The van der Waals surface area contributed by atoms with E-state index in [0.29, 0.717) is 18.0 Å². The lowest BCUT2D eigenvalue weighted by Gasteiger charge is -2.23. The molecular weight excluding hydrogens is 422 g/mol. The molecule has 0 spiro atoms. The fourth-order valence-corrected chi connectivity index (χ4v) is 5.52. The first kappa shape index (κ1) is 19.4. The minimum atomic E-state index is -0.153. The monoisotopic (exact) mass is 445 g/mol. The number of rotatable bonds is 5. The molecule has 6 rings (SSSR count). The standard InChI is InChI=1S/C23H23N7OS/c1-13-20(14-7-8-14)32-23(25-13)17-12-24-28-19(17)22(31)26-16-9-10-30-18(11-16)27-21(29-30)15-5-3-2-4-6-15/h2-6,12,14,16H,7-11H2,1H3,(H,24,28)(H,26,31). The van der Waals surface area contributed by atoms with E-state index in [-0.39, 0.29) is 11.9 Å². The zero-order valence-electron chi connectivity index (χ0n) is 17.7. The van der Waals surface area contributed by atoms with Crippen LogP contribution in [0.2, 0.25) is 0 Å². The van der Waals surface area contributed by atoms with Gasteiger partial charge in [0.15, 0.2) is 5.82 Å². The van der Waals surface area contributed by atoms with Crippen LogP contribution in [-0.4, -0.2) is 41.9 Å². The molecule has 1 aromatic carbocycles. The number of H-pyrrole nitrogens is 1. The number of carbonyl (C=O) groups is 1. The third-order valence-electron chi connectivity index (χ3n) is 6.11. The number of hydrogen-bond acceptors (Lipinski definition) is 6. The number of carbonyl (C=O) groups excluding carboxylic acids is 1. The molecule has 0 saturated heterocycles. The largest absolute Gasteiger partial charge is 0.347 e. The summed E-state index contributed by atoms with van der Waals surface area (Å²) in [7, 11) is 0. The number of aryl methyl sites for hydroxylation is 2. The molecule has 32 heavy (non-hydrogen) atoms. The molecule has 8 nitrogen and oxygen atoms in total. The summed E-state index contributed by atoms with van der Waals surface area (Å²) in [5, 5.41) is 15.7. The molecule has 9 heteroatoms. The Kier molecular flexibility index (Phi) is 4.64. The second kappa shape index (κ2) is 7.67. The molecule has 1 unspecified atom stereocenters. The van der Waals surface area contributed by atoms with Gasteiger partial charge in [0.1, 0.15) is 16.5 Å². The highest BCUT2D eigenvalue weighted by Crippen LogP contribution is 2.46. The van der Waals surface area contributed by atoms with Crippen LogP contribution >= 0.6 is 11.3 Å². The molecular formula is C23H23N7OS. The van der Waals surface area contributed by atoms with E-state index >= 15 is 0 Å². The van der Waals surface area contributed by atoms with E-state index in [0.717, 1.165) is 46.4 Å². The summed E-state index contributed by atoms with van der Waals surface area (Å²) in [6.45, 7) is 2.78. The second-order valence-corrected chi connectivity index (χ2v) is 9.54. The molecule has 1 aliphatic carbocycles. The quantitative estimate of drug-likeness (QED) is 0.488. The fourth-order valence-electron chi connectivity index (χ4n) is 4.26. The zero-order valence-corrected chi connectivity index (χ0v) is 18.5. The van der Waals surface area contributed by atoms with Crippen molar-refractivity contribution >= 4 is 17.2 Å². The number of nitrogens with one attached hydrogen (secondary N) is 2. The van der Waals surface area contributed by atoms with Crippen molar-refractivity contribution in [3.05, 3.63) is 58.6 Å². The average molecular weight is 446 g/mol. The van der Waals surface area contributed by atoms with E-state index in [1.54, 1.807) is 17.5 Å². The van der Waals surface area contributed by atoms with Gasteiger partial charge in [0, 0.05) is 29.4 Å². The van der Waals surface area contributed by atoms with Crippen molar-refractivity contribution < 1.29 is 4.79 Å².